The lowest BCUT2D eigenvalue weighted by Crippen LogP contribution is -2.41. The Balaban J connectivity index is 1.72. The molecule has 0 atom stereocenters. The highest BCUT2D eigenvalue weighted by Gasteiger charge is 2.26. The molecule has 0 radical (unpaired) electrons. The van der Waals surface area contributed by atoms with Gasteiger partial charge in [-0.05, 0) is 43.7 Å². The van der Waals surface area contributed by atoms with Crippen molar-refractivity contribution < 1.29 is 4.79 Å². The minimum Gasteiger partial charge on any atom is -0.338 e. The van der Waals surface area contributed by atoms with Crippen molar-refractivity contribution in [2.75, 3.05) is 13.1 Å². The van der Waals surface area contributed by atoms with Gasteiger partial charge in [0.25, 0.3) is 5.91 Å². The van der Waals surface area contributed by atoms with Crippen LogP contribution in [0, 0.1) is 12.8 Å². The van der Waals surface area contributed by atoms with Crippen LogP contribution in [0.2, 0.25) is 0 Å². The molecule has 102 valence electrons. The van der Waals surface area contributed by atoms with Gasteiger partial charge in [-0.25, -0.2) is 0 Å². The van der Waals surface area contributed by atoms with Crippen LogP contribution in [0.3, 0.4) is 0 Å². The third-order valence-corrected chi connectivity index (χ3v) is 4.63. The van der Waals surface area contributed by atoms with Crippen molar-refractivity contribution >= 4 is 5.91 Å². The molecule has 1 heterocycles. The summed E-state index contributed by atoms with van der Waals surface area (Å²) in [5.41, 5.74) is 3.44. The zero-order valence-electron chi connectivity index (χ0n) is 11.8. The Kier molecular flexibility index (Phi) is 3.58. The van der Waals surface area contributed by atoms with E-state index in [1.807, 2.05) is 6.07 Å². The maximum Gasteiger partial charge on any atom is 0.254 e. The summed E-state index contributed by atoms with van der Waals surface area (Å²) in [5, 5.41) is 0. The number of hydrogen-bond donors (Lipinski definition) is 0. The first kappa shape index (κ1) is 12.7. The van der Waals surface area contributed by atoms with Crippen LogP contribution in [0.1, 0.15) is 53.6 Å². The Bertz CT molecular complexity index is 474. The van der Waals surface area contributed by atoms with Crippen LogP contribution in [-0.2, 0) is 6.42 Å². The second-order valence-corrected chi connectivity index (χ2v) is 6.17. The van der Waals surface area contributed by atoms with E-state index in [1.165, 1.54) is 43.2 Å². The smallest absolute Gasteiger partial charge is 0.254 e. The number of amides is 1. The molecule has 0 N–H and O–H groups in total. The molecule has 1 saturated carbocycles. The number of carbonyl (C=O) groups is 1. The molecular weight excluding hydrogens is 234 g/mol. The van der Waals surface area contributed by atoms with E-state index in [9.17, 15) is 4.79 Å². The molecule has 0 unspecified atom stereocenters. The van der Waals surface area contributed by atoms with Crippen molar-refractivity contribution in [2.45, 2.75) is 45.4 Å². The van der Waals surface area contributed by atoms with Crippen LogP contribution in [-0.4, -0.2) is 23.9 Å². The molecule has 3 rings (SSSR count). The lowest BCUT2D eigenvalue weighted by molar-refractivity contribution is 0.0697. The summed E-state index contributed by atoms with van der Waals surface area (Å²) in [7, 11) is 0. The fourth-order valence-electron chi connectivity index (χ4n) is 3.52. The van der Waals surface area contributed by atoms with E-state index in [-0.39, 0.29) is 5.91 Å². The summed E-state index contributed by atoms with van der Waals surface area (Å²) in [6.07, 6.45) is 7.72. The molecule has 2 nitrogen and oxygen atoms in total. The number of aryl methyl sites for hydroxylation is 1. The zero-order valence-corrected chi connectivity index (χ0v) is 11.8. The van der Waals surface area contributed by atoms with E-state index in [0.29, 0.717) is 0 Å². The number of hydrogen-bond acceptors (Lipinski definition) is 1. The summed E-state index contributed by atoms with van der Waals surface area (Å²) in [5.74, 6) is 0.997. The summed E-state index contributed by atoms with van der Waals surface area (Å²) in [4.78, 5) is 14.6. The zero-order chi connectivity index (χ0) is 13.2. The number of carbonyl (C=O) groups excluding carboxylic acids is 1. The predicted octanol–water partition coefficient (Wildman–Crippen LogP) is 3.57. The first-order valence-corrected chi connectivity index (χ1v) is 7.63. The van der Waals surface area contributed by atoms with Gasteiger partial charge in [-0.1, -0.05) is 37.0 Å². The standard InChI is InChI=1S/C17H23NO/c1-13-7-8-16-15(11-13)9-10-18(17(16)19)12-14-5-3-2-4-6-14/h7-8,11,14H,2-6,9-10,12H2,1H3. The lowest BCUT2D eigenvalue weighted by Gasteiger charge is -2.33. The fourth-order valence-corrected chi connectivity index (χ4v) is 3.52. The van der Waals surface area contributed by atoms with Crippen molar-refractivity contribution in [1.82, 2.24) is 4.90 Å². The van der Waals surface area contributed by atoms with E-state index < -0.39 is 0 Å². The van der Waals surface area contributed by atoms with Gasteiger partial charge in [0, 0.05) is 18.7 Å². The predicted molar refractivity (Wildman–Crippen MR) is 77.4 cm³/mol. The highest BCUT2D eigenvalue weighted by Crippen LogP contribution is 2.27. The van der Waals surface area contributed by atoms with Crippen molar-refractivity contribution in [3.63, 3.8) is 0 Å². The van der Waals surface area contributed by atoms with E-state index in [2.05, 4.69) is 24.0 Å². The SMILES string of the molecule is Cc1ccc2c(c1)CCN(CC1CCCCC1)C2=O. The Morgan fingerprint density at radius 1 is 1.21 bits per heavy atom. The van der Waals surface area contributed by atoms with E-state index in [4.69, 9.17) is 0 Å². The first-order valence-electron chi connectivity index (χ1n) is 7.63. The monoisotopic (exact) mass is 257 g/mol. The minimum atomic E-state index is 0.256. The molecule has 1 aromatic carbocycles. The number of nitrogens with zero attached hydrogens (tertiary/aromatic N) is 1. The molecule has 0 bridgehead atoms. The maximum atomic E-state index is 12.5. The normalized spacial score (nSPS) is 20.5. The Hall–Kier alpha value is -1.31. The summed E-state index contributed by atoms with van der Waals surface area (Å²) in [6.45, 7) is 3.98. The molecule has 0 saturated heterocycles. The molecule has 2 heteroatoms. The Morgan fingerprint density at radius 2 is 2.00 bits per heavy atom. The van der Waals surface area contributed by atoms with E-state index in [0.717, 1.165) is 31.0 Å². The minimum absolute atomic E-state index is 0.256. The number of benzene rings is 1. The molecular formula is C17H23NO. The van der Waals surface area contributed by atoms with E-state index >= 15 is 0 Å². The molecule has 0 spiro atoms. The number of fused-ring (bicyclic) bond motifs is 1. The van der Waals surface area contributed by atoms with Gasteiger partial charge in [0.15, 0.2) is 0 Å². The van der Waals surface area contributed by atoms with Gasteiger partial charge in [-0.15, -0.1) is 0 Å². The summed E-state index contributed by atoms with van der Waals surface area (Å²) in [6, 6.07) is 6.24. The van der Waals surface area contributed by atoms with Crippen LogP contribution in [0.5, 0.6) is 0 Å². The van der Waals surface area contributed by atoms with Crippen molar-refractivity contribution in [1.29, 1.82) is 0 Å². The van der Waals surface area contributed by atoms with Gasteiger partial charge in [-0.3, -0.25) is 4.79 Å². The fraction of sp³-hybridized carbons (Fsp3) is 0.588. The van der Waals surface area contributed by atoms with Gasteiger partial charge in [0.05, 0.1) is 0 Å². The molecule has 1 aliphatic carbocycles. The molecule has 19 heavy (non-hydrogen) atoms. The van der Waals surface area contributed by atoms with Crippen molar-refractivity contribution in [2.24, 2.45) is 5.92 Å². The average molecular weight is 257 g/mol. The average Bonchev–Trinajstić information content (AvgIpc) is 2.43. The van der Waals surface area contributed by atoms with Crippen LogP contribution in [0.25, 0.3) is 0 Å². The Labute approximate surface area is 115 Å². The highest BCUT2D eigenvalue weighted by molar-refractivity contribution is 5.96. The quantitative estimate of drug-likeness (QED) is 0.793. The van der Waals surface area contributed by atoms with Crippen molar-refractivity contribution in [3.8, 4) is 0 Å². The van der Waals surface area contributed by atoms with Crippen molar-refractivity contribution in [3.05, 3.63) is 34.9 Å². The third kappa shape index (κ3) is 2.68. The Morgan fingerprint density at radius 3 is 2.79 bits per heavy atom. The molecule has 1 amide bonds. The second kappa shape index (κ2) is 5.36. The lowest BCUT2D eigenvalue weighted by atomic mass is 9.88. The second-order valence-electron chi connectivity index (χ2n) is 6.17. The molecule has 2 aliphatic rings. The molecule has 1 fully saturated rings. The van der Waals surface area contributed by atoms with Gasteiger partial charge in [0.1, 0.15) is 0 Å². The van der Waals surface area contributed by atoms with Crippen LogP contribution < -0.4 is 0 Å². The largest absolute Gasteiger partial charge is 0.338 e. The van der Waals surface area contributed by atoms with Gasteiger partial charge in [0.2, 0.25) is 0 Å². The molecule has 1 aliphatic heterocycles. The molecule has 1 aromatic rings. The topological polar surface area (TPSA) is 20.3 Å². The highest BCUT2D eigenvalue weighted by atomic mass is 16.2. The maximum absolute atomic E-state index is 12.5. The van der Waals surface area contributed by atoms with Crippen LogP contribution in [0.15, 0.2) is 18.2 Å². The third-order valence-electron chi connectivity index (χ3n) is 4.63. The summed E-state index contributed by atoms with van der Waals surface area (Å²) < 4.78 is 0. The number of rotatable bonds is 2. The molecule has 0 aromatic heterocycles. The van der Waals surface area contributed by atoms with Gasteiger partial charge < -0.3 is 4.90 Å². The first-order chi connectivity index (χ1) is 9.24. The summed E-state index contributed by atoms with van der Waals surface area (Å²) >= 11 is 0. The van der Waals surface area contributed by atoms with Crippen LogP contribution >= 0.6 is 0 Å². The van der Waals surface area contributed by atoms with Gasteiger partial charge in [-0.2, -0.15) is 0 Å². The van der Waals surface area contributed by atoms with E-state index in [1.54, 1.807) is 0 Å². The van der Waals surface area contributed by atoms with Gasteiger partial charge >= 0.3 is 0 Å². The van der Waals surface area contributed by atoms with Crippen LogP contribution in [0.4, 0.5) is 0 Å².